The second-order valence-electron chi connectivity index (χ2n) is 0.774. The molecule has 0 aliphatic rings. The third-order valence-corrected chi connectivity index (χ3v) is 1.01. The Bertz CT molecular complexity index is 62.7. The molecule has 0 aliphatic carbocycles. The Morgan fingerprint density at radius 2 is 2.43 bits per heavy atom. The van der Waals surface area contributed by atoms with Crippen LogP contribution in [0.3, 0.4) is 0 Å². The molecule has 0 spiro atoms. The molecule has 0 aromatic carbocycles. The zero-order valence-corrected chi connectivity index (χ0v) is 4.88. The van der Waals surface area contributed by atoms with Crippen LogP contribution in [0, 0.1) is 0 Å². The minimum Gasteiger partial charge on any atom is -0.495 e. The van der Waals surface area contributed by atoms with Crippen LogP contribution in [0.5, 0.6) is 0 Å². The first-order valence-corrected chi connectivity index (χ1v) is 3.02. The molecule has 7 heavy (non-hydrogen) atoms. The maximum Gasteiger partial charge on any atom is 0.800 e. The highest BCUT2D eigenvalue weighted by molar-refractivity contribution is 6.25. The Labute approximate surface area is 42.5 Å². The first-order valence-electron chi connectivity index (χ1n) is 1.79. The largest absolute Gasteiger partial charge is 0.800 e. The maximum absolute atomic E-state index is 9.90. The van der Waals surface area contributed by atoms with Crippen LogP contribution in [0.1, 0.15) is 6.92 Å². The fourth-order valence-corrected chi connectivity index (χ4v) is 0.433. The lowest BCUT2D eigenvalue weighted by atomic mass is 10.9. The van der Waals surface area contributed by atoms with Crippen molar-refractivity contribution >= 4 is 9.17 Å². The summed E-state index contributed by atoms with van der Waals surface area (Å²) in [6, 6.07) is 0. The van der Waals surface area contributed by atoms with Gasteiger partial charge in [-0.3, -0.25) is 4.46 Å². The van der Waals surface area contributed by atoms with Crippen molar-refractivity contribution in [3.05, 3.63) is 0 Å². The normalized spacial score (nSPS) is 7.71. The lowest BCUT2D eigenvalue weighted by Gasteiger charge is -1.91. The van der Waals surface area contributed by atoms with E-state index in [1.165, 1.54) is 0 Å². The van der Waals surface area contributed by atoms with E-state index in [2.05, 4.69) is 9.00 Å². The van der Waals surface area contributed by atoms with Crippen molar-refractivity contribution in [3.63, 3.8) is 0 Å². The van der Waals surface area contributed by atoms with Gasteiger partial charge in [-0.25, -0.2) is 5.26 Å². The third kappa shape index (κ3) is 3.41. The number of hydrogen-bond donors (Lipinski definition) is 1. The summed E-state index contributed by atoms with van der Waals surface area (Å²) in [5.74, 6) is 0. The second kappa shape index (κ2) is 3.76. The lowest BCUT2D eigenvalue weighted by molar-refractivity contribution is -0.165. The number of rotatable bonds is 3. The van der Waals surface area contributed by atoms with Crippen molar-refractivity contribution in [1.29, 1.82) is 0 Å². The van der Waals surface area contributed by atoms with Crippen molar-refractivity contribution in [2.75, 3.05) is 6.61 Å². The first-order chi connectivity index (χ1) is 3.31. The topological polar surface area (TPSA) is 55.8 Å². The van der Waals surface area contributed by atoms with Crippen molar-refractivity contribution in [2.24, 2.45) is 0 Å². The van der Waals surface area contributed by atoms with E-state index in [1.807, 2.05) is 0 Å². The van der Waals surface area contributed by atoms with Gasteiger partial charge in [0.05, 0.1) is 6.61 Å². The van der Waals surface area contributed by atoms with Gasteiger partial charge in [-0.05, 0) is 6.92 Å². The molecule has 0 aliphatic heterocycles. The van der Waals surface area contributed by atoms with Gasteiger partial charge in [-0.15, -0.1) is 0 Å². The third-order valence-electron chi connectivity index (χ3n) is 0.337. The van der Waals surface area contributed by atoms with E-state index in [0.29, 0.717) is 6.61 Å². The average molecular weight is 122 g/mol. The molecule has 0 amide bonds. The van der Waals surface area contributed by atoms with Crippen LogP contribution in [-0.4, -0.2) is 21.0 Å². The van der Waals surface area contributed by atoms with Crippen molar-refractivity contribution in [3.8, 4) is 0 Å². The smallest absolute Gasteiger partial charge is 0.495 e. The van der Waals surface area contributed by atoms with E-state index < -0.39 is 9.17 Å². The van der Waals surface area contributed by atoms with Crippen LogP contribution < -0.4 is 0 Å². The molecule has 0 rings (SSSR count). The van der Waals surface area contributed by atoms with Gasteiger partial charge in [0.2, 0.25) is 0 Å². The highest BCUT2D eigenvalue weighted by atomic mass is 28.3. The quantitative estimate of drug-likeness (QED) is 0.323. The summed E-state index contributed by atoms with van der Waals surface area (Å²) in [4.78, 5) is 0. The molecule has 42 valence electrons. The molecular weight excluding hydrogens is 116 g/mol. The van der Waals surface area contributed by atoms with E-state index in [1.54, 1.807) is 6.92 Å². The minimum atomic E-state index is -2.57. The molecule has 0 saturated heterocycles. The highest BCUT2D eigenvalue weighted by Gasteiger charge is 2.06. The minimum absolute atomic E-state index is 0.290. The average Bonchev–Trinajstić information content (AvgIpc) is 1.68. The molecule has 1 N–H and O–H groups in total. The van der Waals surface area contributed by atoms with Gasteiger partial charge in [0.15, 0.2) is 0 Å². The van der Waals surface area contributed by atoms with Crippen LogP contribution in [0.15, 0.2) is 0 Å². The van der Waals surface area contributed by atoms with Gasteiger partial charge >= 0.3 is 9.17 Å². The van der Waals surface area contributed by atoms with Crippen LogP contribution in [-0.2, 0) is 13.5 Å². The summed E-state index contributed by atoms with van der Waals surface area (Å²) < 4.78 is 17.5. The van der Waals surface area contributed by atoms with Gasteiger partial charge < -0.3 is 9.00 Å². The van der Waals surface area contributed by atoms with Crippen LogP contribution >= 0.6 is 0 Å². The summed E-state index contributed by atoms with van der Waals surface area (Å²) in [6.45, 7) is 1.94. The van der Waals surface area contributed by atoms with Gasteiger partial charge in [-0.1, -0.05) is 0 Å². The maximum atomic E-state index is 9.90. The van der Waals surface area contributed by atoms with Gasteiger partial charge in [-0.2, -0.15) is 0 Å². The molecule has 4 nitrogen and oxygen atoms in total. The molecule has 0 unspecified atom stereocenters. The fourth-order valence-electron chi connectivity index (χ4n) is 0.144. The molecule has 0 saturated carbocycles. The summed E-state index contributed by atoms with van der Waals surface area (Å²) in [6.07, 6.45) is 0. The Balaban J connectivity index is 3.00. The standard InChI is InChI=1S/C2H6O4Si/c1-2-5-7(4)6-3/h3H,2H2,1H3. The highest BCUT2D eigenvalue weighted by Crippen LogP contribution is 1.71. The predicted octanol–water partition coefficient (Wildman–Crippen LogP) is -0.0721. The molecule has 5 heteroatoms. The van der Waals surface area contributed by atoms with Gasteiger partial charge in [0, 0.05) is 0 Å². The lowest BCUT2D eigenvalue weighted by Crippen LogP contribution is -2.08. The zero-order valence-electron chi connectivity index (χ0n) is 3.88. The molecule has 0 aromatic rings. The molecule has 0 fully saturated rings. The van der Waals surface area contributed by atoms with E-state index in [9.17, 15) is 4.46 Å². The van der Waals surface area contributed by atoms with E-state index >= 15 is 0 Å². The number of hydrogen-bond acceptors (Lipinski definition) is 4. The van der Waals surface area contributed by atoms with E-state index in [0.717, 1.165) is 0 Å². The summed E-state index contributed by atoms with van der Waals surface area (Å²) in [5.41, 5.74) is 0. The molecule has 0 heterocycles. The monoisotopic (exact) mass is 122 g/mol. The van der Waals surface area contributed by atoms with Crippen LogP contribution in [0.4, 0.5) is 0 Å². The van der Waals surface area contributed by atoms with E-state index in [4.69, 9.17) is 5.26 Å². The SMILES string of the molecule is CCO[Si](=O)OO. The van der Waals surface area contributed by atoms with Crippen molar-refractivity contribution in [1.82, 2.24) is 0 Å². The van der Waals surface area contributed by atoms with Gasteiger partial charge in [0.25, 0.3) is 0 Å². The summed E-state index contributed by atoms with van der Waals surface area (Å²) >= 11 is 0. The predicted molar refractivity (Wildman–Crippen MR) is 21.8 cm³/mol. The van der Waals surface area contributed by atoms with Crippen LogP contribution in [0.2, 0.25) is 0 Å². The zero-order chi connectivity index (χ0) is 5.70. The summed E-state index contributed by atoms with van der Waals surface area (Å²) in [7, 11) is -2.57. The molecule has 0 aromatic heterocycles. The Kier molecular flexibility index (Phi) is 3.53. The van der Waals surface area contributed by atoms with Gasteiger partial charge in [0.1, 0.15) is 0 Å². The first kappa shape index (κ1) is 6.58. The fraction of sp³-hybridized carbons (Fsp3) is 1.00. The van der Waals surface area contributed by atoms with E-state index in [-0.39, 0.29) is 0 Å². The Hall–Kier alpha value is -0.423. The Morgan fingerprint density at radius 1 is 1.86 bits per heavy atom. The molecule has 0 atom stereocenters. The molecule has 0 bridgehead atoms. The van der Waals surface area contributed by atoms with Crippen molar-refractivity contribution in [2.45, 2.75) is 6.92 Å². The second-order valence-corrected chi connectivity index (χ2v) is 1.75. The molecular formula is C2H6O4Si. The Morgan fingerprint density at radius 3 is 2.57 bits per heavy atom. The van der Waals surface area contributed by atoms with Crippen LogP contribution in [0.25, 0.3) is 0 Å². The molecule has 0 radical (unpaired) electrons. The van der Waals surface area contributed by atoms with Crippen molar-refractivity contribution < 1.29 is 18.7 Å². The summed E-state index contributed by atoms with van der Waals surface area (Å²) in [5, 5.41) is 7.57.